The molecule has 0 amide bonds. The smallest absolute Gasteiger partial charge is 0.0929 e. The molecule has 0 spiro atoms. The fourth-order valence-electron chi connectivity index (χ4n) is 0.372. The number of thioether (sulfide) groups is 1. The summed E-state index contributed by atoms with van der Waals surface area (Å²) in [5.41, 5.74) is 2.05. The Bertz CT molecular complexity index is 146. The van der Waals surface area contributed by atoms with Gasteiger partial charge in [0.2, 0.25) is 0 Å². The predicted molar refractivity (Wildman–Crippen MR) is 45.9 cm³/mol. The molecule has 3 heteroatoms. The topological polar surface area (TPSA) is 32.3 Å². The van der Waals surface area contributed by atoms with Crippen LogP contribution in [-0.2, 0) is 0 Å². The minimum atomic E-state index is 0.707. The highest BCUT2D eigenvalue weighted by Crippen LogP contribution is 2.05. The van der Waals surface area contributed by atoms with Crippen molar-refractivity contribution in [2.24, 2.45) is 0 Å². The molecule has 0 fully saturated rings. The van der Waals surface area contributed by atoms with Crippen LogP contribution in [0.2, 0.25) is 0 Å². The molecule has 2 N–H and O–H groups in total. The van der Waals surface area contributed by atoms with E-state index < -0.39 is 0 Å². The van der Waals surface area contributed by atoms with Gasteiger partial charge in [0.1, 0.15) is 0 Å². The number of nitrogens with one attached hydrogen (secondary N) is 1. The standard InChI is InChI=1S/C7H11NOS/c1-3-4-5-6-7(8-9)10-2/h3-6,8-9H,1H2,2H3/b5-4-,7-6+. The minimum absolute atomic E-state index is 0.707. The third kappa shape index (κ3) is 4.23. The molecule has 0 aromatic heterocycles. The maximum absolute atomic E-state index is 8.43. The van der Waals surface area contributed by atoms with Gasteiger partial charge in [-0.05, 0) is 12.3 Å². The molecule has 2 nitrogen and oxygen atoms in total. The Morgan fingerprint density at radius 1 is 1.60 bits per heavy atom. The van der Waals surface area contributed by atoms with E-state index in [1.165, 1.54) is 11.8 Å². The highest BCUT2D eigenvalue weighted by molar-refractivity contribution is 8.02. The summed E-state index contributed by atoms with van der Waals surface area (Å²) in [5.74, 6) is 0. The van der Waals surface area contributed by atoms with E-state index in [-0.39, 0.29) is 0 Å². The van der Waals surface area contributed by atoms with Crippen LogP contribution in [0.4, 0.5) is 0 Å². The van der Waals surface area contributed by atoms with E-state index in [9.17, 15) is 0 Å². The monoisotopic (exact) mass is 157 g/mol. The third-order valence-corrected chi connectivity index (χ3v) is 1.49. The Morgan fingerprint density at radius 3 is 2.70 bits per heavy atom. The zero-order valence-corrected chi connectivity index (χ0v) is 6.69. The normalized spacial score (nSPS) is 12.0. The largest absolute Gasteiger partial charge is 0.291 e. The maximum atomic E-state index is 8.43. The van der Waals surface area contributed by atoms with E-state index >= 15 is 0 Å². The molecular formula is C7H11NOS. The molecule has 0 aliphatic rings. The van der Waals surface area contributed by atoms with E-state index in [0.29, 0.717) is 5.03 Å². The van der Waals surface area contributed by atoms with E-state index in [2.05, 4.69) is 6.58 Å². The Kier molecular flexibility index (Phi) is 6.02. The van der Waals surface area contributed by atoms with Crippen molar-refractivity contribution in [1.82, 2.24) is 5.48 Å². The van der Waals surface area contributed by atoms with Gasteiger partial charge in [0, 0.05) is 0 Å². The van der Waals surface area contributed by atoms with Gasteiger partial charge in [0.25, 0.3) is 0 Å². The van der Waals surface area contributed by atoms with Gasteiger partial charge in [-0.1, -0.05) is 24.8 Å². The fraction of sp³-hybridized carbons (Fsp3) is 0.143. The quantitative estimate of drug-likeness (QED) is 0.483. The van der Waals surface area contributed by atoms with E-state index in [1.807, 2.05) is 11.7 Å². The molecule has 0 aliphatic heterocycles. The second-order valence-corrected chi connectivity index (χ2v) is 2.32. The summed E-state index contributed by atoms with van der Waals surface area (Å²) in [4.78, 5) is 0. The lowest BCUT2D eigenvalue weighted by Crippen LogP contribution is -2.01. The molecule has 0 aromatic rings. The van der Waals surface area contributed by atoms with Crippen molar-refractivity contribution < 1.29 is 5.21 Å². The maximum Gasteiger partial charge on any atom is 0.0929 e. The van der Waals surface area contributed by atoms with Crippen LogP contribution in [0.5, 0.6) is 0 Å². The van der Waals surface area contributed by atoms with Crippen LogP contribution in [0.3, 0.4) is 0 Å². The average Bonchev–Trinajstić information content (AvgIpc) is 1.99. The van der Waals surface area contributed by atoms with Crippen molar-refractivity contribution >= 4 is 11.8 Å². The van der Waals surface area contributed by atoms with Crippen LogP contribution in [0.15, 0.2) is 35.9 Å². The zero-order chi connectivity index (χ0) is 7.82. The number of allylic oxidation sites excluding steroid dienone is 4. The first-order valence-corrected chi connectivity index (χ1v) is 4.01. The second-order valence-electron chi connectivity index (χ2n) is 1.47. The van der Waals surface area contributed by atoms with Crippen molar-refractivity contribution in [3.8, 4) is 0 Å². The fourth-order valence-corrected chi connectivity index (χ4v) is 0.678. The number of hydroxylamine groups is 1. The van der Waals surface area contributed by atoms with Crippen LogP contribution in [0.25, 0.3) is 0 Å². The van der Waals surface area contributed by atoms with Gasteiger partial charge in [0.15, 0.2) is 0 Å². The highest BCUT2D eigenvalue weighted by Gasteiger charge is 1.84. The van der Waals surface area contributed by atoms with Gasteiger partial charge in [-0.25, -0.2) is 0 Å². The second kappa shape index (κ2) is 6.45. The first-order chi connectivity index (χ1) is 4.85. The molecule has 0 aliphatic carbocycles. The summed E-state index contributed by atoms with van der Waals surface area (Å²) >= 11 is 1.43. The summed E-state index contributed by atoms with van der Waals surface area (Å²) in [6.45, 7) is 3.50. The third-order valence-electron chi connectivity index (χ3n) is 0.825. The van der Waals surface area contributed by atoms with Gasteiger partial charge in [-0.3, -0.25) is 10.7 Å². The van der Waals surface area contributed by atoms with E-state index in [1.54, 1.807) is 24.3 Å². The summed E-state index contributed by atoms with van der Waals surface area (Å²) in [5, 5.41) is 9.13. The molecule has 0 bridgehead atoms. The minimum Gasteiger partial charge on any atom is -0.291 e. The summed E-state index contributed by atoms with van der Waals surface area (Å²) in [6.07, 6.45) is 8.88. The van der Waals surface area contributed by atoms with Crippen LogP contribution in [0.1, 0.15) is 0 Å². The van der Waals surface area contributed by atoms with Gasteiger partial charge in [-0.2, -0.15) is 0 Å². The summed E-state index contributed by atoms with van der Waals surface area (Å²) < 4.78 is 0. The molecule has 56 valence electrons. The molecule has 0 saturated heterocycles. The van der Waals surface area contributed by atoms with Gasteiger partial charge >= 0.3 is 0 Å². The van der Waals surface area contributed by atoms with E-state index in [0.717, 1.165) is 0 Å². The van der Waals surface area contributed by atoms with Gasteiger partial charge in [-0.15, -0.1) is 11.8 Å². The summed E-state index contributed by atoms with van der Waals surface area (Å²) in [6, 6.07) is 0. The predicted octanol–water partition coefficient (Wildman–Crippen LogP) is 1.91. The summed E-state index contributed by atoms with van der Waals surface area (Å²) in [7, 11) is 0. The van der Waals surface area contributed by atoms with Crippen LogP contribution in [0, 0.1) is 0 Å². The Labute approximate surface area is 65.3 Å². The van der Waals surface area contributed by atoms with Crippen molar-refractivity contribution in [2.45, 2.75) is 0 Å². The number of hydrogen-bond acceptors (Lipinski definition) is 3. The van der Waals surface area contributed by atoms with Crippen molar-refractivity contribution in [2.75, 3.05) is 6.26 Å². The van der Waals surface area contributed by atoms with Crippen molar-refractivity contribution in [3.63, 3.8) is 0 Å². The van der Waals surface area contributed by atoms with Gasteiger partial charge in [0.05, 0.1) is 5.03 Å². The Balaban J connectivity index is 3.85. The van der Waals surface area contributed by atoms with Crippen molar-refractivity contribution in [3.05, 3.63) is 35.9 Å². The average molecular weight is 157 g/mol. The van der Waals surface area contributed by atoms with Crippen LogP contribution < -0.4 is 5.48 Å². The lowest BCUT2D eigenvalue weighted by atomic mass is 10.5. The van der Waals surface area contributed by atoms with Crippen LogP contribution >= 0.6 is 11.8 Å². The molecule has 0 rings (SSSR count). The first-order valence-electron chi connectivity index (χ1n) is 2.78. The molecule has 0 aromatic carbocycles. The molecule has 0 atom stereocenters. The lowest BCUT2D eigenvalue weighted by molar-refractivity contribution is 0.210. The number of hydrogen-bond donors (Lipinski definition) is 2. The Hall–Kier alpha value is -0.670. The number of rotatable bonds is 4. The lowest BCUT2D eigenvalue weighted by Gasteiger charge is -1.96. The molecule has 10 heavy (non-hydrogen) atoms. The molecular weight excluding hydrogens is 146 g/mol. The highest BCUT2D eigenvalue weighted by atomic mass is 32.2. The first kappa shape index (κ1) is 9.33. The SMILES string of the molecule is C=C/C=C\C=C(/NO)SC. The molecule has 0 heterocycles. The molecule has 0 radical (unpaired) electrons. The van der Waals surface area contributed by atoms with Crippen LogP contribution in [-0.4, -0.2) is 11.5 Å². The van der Waals surface area contributed by atoms with Gasteiger partial charge < -0.3 is 0 Å². The Morgan fingerprint density at radius 2 is 2.30 bits per heavy atom. The zero-order valence-electron chi connectivity index (χ0n) is 5.87. The van der Waals surface area contributed by atoms with Crippen molar-refractivity contribution in [1.29, 1.82) is 0 Å². The molecule has 0 unspecified atom stereocenters. The van der Waals surface area contributed by atoms with E-state index in [4.69, 9.17) is 5.21 Å². The molecule has 0 saturated carbocycles.